The molecule has 0 bridgehead atoms. The zero-order valence-electron chi connectivity index (χ0n) is 11.2. The molecule has 0 saturated heterocycles. The molecule has 1 aromatic heterocycles. The quantitative estimate of drug-likeness (QED) is 0.794. The highest BCUT2D eigenvalue weighted by Gasteiger charge is 2.06. The van der Waals surface area contributed by atoms with Gasteiger partial charge in [-0.25, -0.2) is 4.98 Å². The molecule has 1 N–H and O–H groups in total. The number of hydrogen-bond acceptors (Lipinski definition) is 5. The van der Waals surface area contributed by atoms with Crippen molar-refractivity contribution < 1.29 is 4.74 Å². The van der Waals surface area contributed by atoms with E-state index in [-0.39, 0.29) is 0 Å². The van der Waals surface area contributed by atoms with E-state index >= 15 is 0 Å². The summed E-state index contributed by atoms with van der Waals surface area (Å²) in [6.07, 6.45) is 0. The summed E-state index contributed by atoms with van der Waals surface area (Å²) in [4.78, 5) is 5.76. The Hall–Kier alpha value is -0.880. The van der Waals surface area contributed by atoms with Gasteiger partial charge in [-0.05, 0) is 18.6 Å². The Morgan fingerprint density at radius 3 is 2.95 bits per heavy atom. The maximum atomic E-state index is 5.03. The third-order valence-corrected chi connectivity index (χ3v) is 4.74. The van der Waals surface area contributed by atoms with Crippen molar-refractivity contribution >= 4 is 23.1 Å². The molecule has 0 atom stereocenters. The van der Waals surface area contributed by atoms with E-state index < -0.39 is 0 Å². The molecule has 3 nitrogen and oxygen atoms in total. The summed E-state index contributed by atoms with van der Waals surface area (Å²) in [6.45, 7) is 4.49. The number of ether oxygens (including phenoxy) is 1. The van der Waals surface area contributed by atoms with E-state index in [9.17, 15) is 0 Å². The molecule has 0 fully saturated rings. The van der Waals surface area contributed by atoms with Crippen LogP contribution in [0.1, 0.15) is 11.3 Å². The minimum absolute atomic E-state index is 0.737. The molecule has 0 spiro atoms. The highest BCUT2D eigenvalue weighted by Crippen LogP contribution is 2.32. The molecule has 5 heteroatoms. The molecule has 0 unspecified atom stereocenters. The molecule has 0 aliphatic carbocycles. The van der Waals surface area contributed by atoms with Gasteiger partial charge in [-0.15, -0.1) is 11.3 Å². The highest BCUT2D eigenvalue weighted by molar-refractivity contribution is 8.01. The van der Waals surface area contributed by atoms with Gasteiger partial charge in [0.15, 0.2) is 4.34 Å². The van der Waals surface area contributed by atoms with Crippen molar-refractivity contribution in [2.24, 2.45) is 0 Å². The van der Waals surface area contributed by atoms with E-state index in [1.165, 1.54) is 10.5 Å². The van der Waals surface area contributed by atoms with E-state index in [1.807, 2.05) is 6.92 Å². The van der Waals surface area contributed by atoms with Crippen molar-refractivity contribution in [3.8, 4) is 0 Å². The van der Waals surface area contributed by atoms with E-state index in [2.05, 4.69) is 39.9 Å². The van der Waals surface area contributed by atoms with Crippen molar-refractivity contribution in [3.63, 3.8) is 0 Å². The lowest BCUT2D eigenvalue weighted by atomic mass is 10.2. The maximum absolute atomic E-state index is 5.03. The molecule has 102 valence electrons. The predicted molar refractivity (Wildman–Crippen MR) is 81.0 cm³/mol. The van der Waals surface area contributed by atoms with Gasteiger partial charge < -0.3 is 10.1 Å². The van der Waals surface area contributed by atoms with Crippen LogP contribution >= 0.6 is 23.1 Å². The Labute approximate surface area is 122 Å². The monoisotopic (exact) mass is 294 g/mol. The molecule has 1 heterocycles. The zero-order valence-corrected chi connectivity index (χ0v) is 12.8. The lowest BCUT2D eigenvalue weighted by Crippen LogP contribution is -2.18. The number of thiazole rings is 1. The van der Waals surface area contributed by atoms with Crippen LogP contribution in [0, 0.1) is 6.92 Å². The van der Waals surface area contributed by atoms with Crippen molar-refractivity contribution in [1.29, 1.82) is 0 Å². The first kappa shape index (κ1) is 14.5. The molecular weight excluding hydrogens is 276 g/mol. The lowest BCUT2D eigenvalue weighted by Gasteiger charge is -2.08. The fraction of sp³-hybridized carbons (Fsp3) is 0.357. The molecular formula is C14H18N2OS2. The van der Waals surface area contributed by atoms with Gasteiger partial charge in [0, 0.05) is 36.2 Å². The van der Waals surface area contributed by atoms with E-state index in [0.29, 0.717) is 0 Å². The van der Waals surface area contributed by atoms with Crippen LogP contribution in [0.25, 0.3) is 0 Å². The van der Waals surface area contributed by atoms with Gasteiger partial charge >= 0.3 is 0 Å². The van der Waals surface area contributed by atoms with Gasteiger partial charge in [-0.3, -0.25) is 0 Å². The molecule has 2 rings (SSSR count). The minimum atomic E-state index is 0.737. The predicted octanol–water partition coefficient (Wildman–Crippen LogP) is 3.34. The molecule has 2 aromatic rings. The van der Waals surface area contributed by atoms with Gasteiger partial charge in [-0.1, -0.05) is 30.0 Å². The number of hydrogen-bond donors (Lipinski definition) is 1. The van der Waals surface area contributed by atoms with E-state index in [4.69, 9.17) is 4.74 Å². The summed E-state index contributed by atoms with van der Waals surface area (Å²) >= 11 is 3.43. The van der Waals surface area contributed by atoms with Crippen LogP contribution in [-0.4, -0.2) is 25.2 Å². The maximum Gasteiger partial charge on any atom is 0.154 e. The van der Waals surface area contributed by atoms with Crippen molar-refractivity contribution in [1.82, 2.24) is 10.3 Å². The van der Waals surface area contributed by atoms with Crippen LogP contribution in [0.2, 0.25) is 0 Å². The molecule has 0 saturated carbocycles. The summed E-state index contributed by atoms with van der Waals surface area (Å²) in [5.41, 5.74) is 2.39. The number of aromatic nitrogens is 1. The Balaban J connectivity index is 1.99. The van der Waals surface area contributed by atoms with E-state index in [1.54, 1.807) is 30.2 Å². The van der Waals surface area contributed by atoms with Crippen LogP contribution in [0.3, 0.4) is 0 Å². The average Bonchev–Trinajstić information content (AvgIpc) is 2.82. The number of aryl methyl sites for hydroxylation is 1. The largest absolute Gasteiger partial charge is 0.383 e. The van der Waals surface area contributed by atoms with Gasteiger partial charge in [-0.2, -0.15) is 0 Å². The zero-order chi connectivity index (χ0) is 13.5. The fourth-order valence-electron chi connectivity index (χ4n) is 1.62. The van der Waals surface area contributed by atoms with Gasteiger partial charge in [0.2, 0.25) is 0 Å². The molecule has 0 aliphatic rings. The Morgan fingerprint density at radius 1 is 1.37 bits per heavy atom. The van der Waals surface area contributed by atoms with Crippen LogP contribution < -0.4 is 5.32 Å². The summed E-state index contributed by atoms with van der Waals surface area (Å²) in [7, 11) is 1.72. The van der Waals surface area contributed by atoms with Crippen LogP contribution in [0.5, 0.6) is 0 Å². The summed E-state index contributed by atoms with van der Waals surface area (Å²) in [5.74, 6) is 0. The normalized spacial score (nSPS) is 10.8. The first-order valence-electron chi connectivity index (χ1n) is 6.17. The fourth-order valence-corrected chi connectivity index (χ4v) is 3.54. The SMILES string of the molecule is COCCNCc1ccccc1Sc1nc(C)cs1. The average molecular weight is 294 g/mol. The van der Waals surface area contributed by atoms with Crippen LogP contribution in [-0.2, 0) is 11.3 Å². The third kappa shape index (κ3) is 4.62. The number of benzene rings is 1. The molecule has 0 radical (unpaired) electrons. The third-order valence-electron chi connectivity index (χ3n) is 2.57. The summed E-state index contributed by atoms with van der Waals surface area (Å²) < 4.78 is 6.13. The topological polar surface area (TPSA) is 34.1 Å². The second kappa shape index (κ2) is 7.65. The molecule has 1 aromatic carbocycles. The minimum Gasteiger partial charge on any atom is -0.383 e. The Bertz CT molecular complexity index is 514. The summed E-state index contributed by atoms with van der Waals surface area (Å²) in [5, 5.41) is 5.46. The number of methoxy groups -OCH3 is 1. The number of nitrogens with one attached hydrogen (secondary N) is 1. The second-order valence-corrected chi connectivity index (χ2v) is 6.28. The van der Waals surface area contributed by atoms with Gasteiger partial charge in [0.25, 0.3) is 0 Å². The van der Waals surface area contributed by atoms with E-state index in [0.717, 1.165) is 29.7 Å². The summed E-state index contributed by atoms with van der Waals surface area (Å²) in [6, 6.07) is 8.45. The lowest BCUT2D eigenvalue weighted by molar-refractivity contribution is 0.199. The van der Waals surface area contributed by atoms with Crippen molar-refractivity contribution in [3.05, 3.63) is 40.9 Å². The second-order valence-electron chi connectivity index (χ2n) is 4.13. The van der Waals surface area contributed by atoms with Gasteiger partial charge in [0.05, 0.1) is 6.61 Å². The Kier molecular flexibility index (Phi) is 5.85. The first-order chi connectivity index (χ1) is 9.29. The highest BCUT2D eigenvalue weighted by atomic mass is 32.2. The smallest absolute Gasteiger partial charge is 0.154 e. The van der Waals surface area contributed by atoms with Gasteiger partial charge in [0.1, 0.15) is 0 Å². The molecule has 0 aliphatic heterocycles. The van der Waals surface area contributed by atoms with Crippen LogP contribution in [0.4, 0.5) is 0 Å². The molecule has 19 heavy (non-hydrogen) atoms. The van der Waals surface area contributed by atoms with Crippen LogP contribution in [0.15, 0.2) is 38.9 Å². The number of nitrogens with zero attached hydrogens (tertiary/aromatic N) is 1. The molecule has 0 amide bonds. The number of rotatable bonds is 7. The first-order valence-corrected chi connectivity index (χ1v) is 7.87. The Morgan fingerprint density at radius 2 is 2.21 bits per heavy atom. The van der Waals surface area contributed by atoms with Crippen molar-refractivity contribution in [2.45, 2.75) is 22.7 Å². The van der Waals surface area contributed by atoms with Crippen molar-refractivity contribution in [2.75, 3.05) is 20.3 Å². The standard InChI is InChI=1S/C14H18N2OS2/c1-11-10-18-14(16-11)19-13-6-4-3-5-12(13)9-15-7-8-17-2/h3-6,10,15H,7-9H2,1-2H3.